The topological polar surface area (TPSA) is 40.5 Å². The van der Waals surface area contributed by atoms with Crippen molar-refractivity contribution in [1.29, 1.82) is 0 Å². The van der Waals surface area contributed by atoms with E-state index in [4.69, 9.17) is 0 Å². The maximum atomic E-state index is 9.52. The van der Waals surface area contributed by atoms with Crippen LogP contribution in [0.2, 0.25) is 0 Å². The van der Waals surface area contributed by atoms with Crippen molar-refractivity contribution in [2.24, 2.45) is 11.8 Å². The molecule has 2 nitrogen and oxygen atoms in total. The van der Waals surface area contributed by atoms with Crippen LogP contribution in [0.3, 0.4) is 0 Å². The third kappa shape index (κ3) is 23.0. The molecule has 0 aliphatic rings. The van der Waals surface area contributed by atoms with Crippen LogP contribution in [0.25, 0.3) is 0 Å². The molecule has 0 saturated carbocycles. The summed E-state index contributed by atoms with van der Waals surface area (Å²) in [4.78, 5) is 0. The second-order valence-electron chi connectivity index (χ2n) is 7.69. The predicted molar refractivity (Wildman–Crippen MR) is 106 cm³/mol. The summed E-state index contributed by atoms with van der Waals surface area (Å²) in [6.45, 7) is 19.6. The molecule has 0 aliphatic carbocycles. The van der Waals surface area contributed by atoms with E-state index in [0.29, 0.717) is 0 Å². The minimum atomic E-state index is -0.658. The van der Waals surface area contributed by atoms with Crippen molar-refractivity contribution in [1.82, 2.24) is 0 Å². The van der Waals surface area contributed by atoms with Gasteiger partial charge in [-0.05, 0) is 38.5 Å². The zero-order valence-corrected chi connectivity index (χ0v) is 15.9. The normalized spacial score (nSPS) is 15.7. The summed E-state index contributed by atoms with van der Waals surface area (Å²) in [6.07, 6.45) is 9.42. The van der Waals surface area contributed by atoms with E-state index in [-0.39, 0.29) is 51.4 Å². The standard InChI is InChI=1S/2C10H20O.K.H/c2*1-5-10(4,11)8-6-7-9(2)3;;/h2*5,9,11H,1,6-8H2,2-4H3;;. The van der Waals surface area contributed by atoms with Crippen molar-refractivity contribution < 1.29 is 10.2 Å². The predicted octanol–water partition coefficient (Wildman–Crippen LogP) is 4.85. The Kier molecular flexibility index (Phi) is 19.2. The van der Waals surface area contributed by atoms with Crippen molar-refractivity contribution >= 4 is 51.4 Å². The fourth-order valence-electron chi connectivity index (χ4n) is 1.94. The quantitative estimate of drug-likeness (QED) is 0.436. The molecule has 23 heavy (non-hydrogen) atoms. The Balaban J connectivity index is -0.000000333. The van der Waals surface area contributed by atoms with Gasteiger partial charge < -0.3 is 10.2 Å². The molecule has 3 heteroatoms. The van der Waals surface area contributed by atoms with Crippen LogP contribution in [0, 0.1) is 11.8 Å². The van der Waals surface area contributed by atoms with E-state index < -0.39 is 11.2 Å². The summed E-state index contributed by atoms with van der Waals surface area (Å²) < 4.78 is 0. The van der Waals surface area contributed by atoms with Gasteiger partial charge >= 0.3 is 51.4 Å². The average molecular weight is 353 g/mol. The Bertz CT molecular complexity index is 264. The zero-order valence-electron chi connectivity index (χ0n) is 15.9. The molecule has 0 bridgehead atoms. The van der Waals surface area contributed by atoms with Crippen molar-refractivity contribution in [3.63, 3.8) is 0 Å². The Morgan fingerprint density at radius 1 is 0.783 bits per heavy atom. The molecule has 2 N–H and O–H groups in total. The Hall–Kier alpha value is 1.04. The average Bonchev–Trinajstić information content (AvgIpc) is 2.38. The van der Waals surface area contributed by atoms with E-state index in [1.165, 1.54) is 12.8 Å². The molecule has 0 fully saturated rings. The number of hydrogen-bond donors (Lipinski definition) is 2. The van der Waals surface area contributed by atoms with E-state index in [0.717, 1.165) is 37.5 Å². The van der Waals surface area contributed by atoms with Gasteiger partial charge in [-0.3, -0.25) is 0 Å². The second kappa shape index (κ2) is 15.3. The van der Waals surface area contributed by atoms with Crippen molar-refractivity contribution in [3.05, 3.63) is 25.3 Å². The third-order valence-electron chi connectivity index (χ3n) is 3.81. The Labute approximate surface area is 188 Å². The van der Waals surface area contributed by atoms with Gasteiger partial charge in [-0.1, -0.05) is 65.5 Å². The van der Waals surface area contributed by atoms with Gasteiger partial charge in [0, 0.05) is 0 Å². The van der Waals surface area contributed by atoms with Crippen molar-refractivity contribution in [2.45, 2.75) is 91.3 Å². The van der Waals surface area contributed by atoms with Gasteiger partial charge in [-0.15, -0.1) is 13.2 Å². The summed E-state index contributed by atoms with van der Waals surface area (Å²) in [5.74, 6) is 1.46. The molecule has 0 radical (unpaired) electrons. The molecular weight excluding hydrogens is 311 g/mol. The van der Waals surface area contributed by atoms with Crippen LogP contribution < -0.4 is 0 Å². The first-order valence-electron chi connectivity index (χ1n) is 8.67. The van der Waals surface area contributed by atoms with Crippen molar-refractivity contribution in [2.75, 3.05) is 0 Å². The van der Waals surface area contributed by atoms with E-state index in [2.05, 4.69) is 40.9 Å². The van der Waals surface area contributed by atoms with Crippen LogP contribution in [-0.2, 0) is 0 Å². The van der Waals surface area contributed by atoms with Crippen molar-refractivity contribution in [3.8, 4) is 0 Å². The second-order valence-corrected chi connectivity index (χ2v) is 7.69. The molecule has 0 aromatic rings. The minimum absolute atomic E-state index is 0. The molecule has 0 aliphatic heterocycles. The van der Waals surface area contributed by atoms with Crippen LogP contribution in [0.15, 0.2) is 25.3 Å². The molecule has 2 atom stereocenters. The molecule has 134 valence electrons. The summed E-state index contributed by atoms with van der Waals surface area (Å²) in [5.41, 5.74) is -1.32. The first-order valence-corrected chi connectivity index (χ1v) is 8.67. The van der Waals surface area contributed by atoms with Crippen LogP contribution >= 0.6 is 0 Å². The summed E-state index contributed by atoms with van der Waals surface area (Å²) in [6, 6.07) is 0. The van der Waals surface area contributed by atoms with E-state index in [1.807, 2.05) is 0 Å². The summed E-state index contributed by atoms with van der Waals surface area (Å²) in [5, 5.41) is 19.0. The maximum absolute atomic E-state index is 9.52. The van der Waals surface area contributed by atoms with E-state index in [9.17, 15) is 10.2 Å². The molecule has 0 amide bonds. The number of rotatable bonds is 10. The van der Waals surface area contributed by atoms with Crippen LogP contribution in [0.4, 0.5) is 0 Å². The van der Waals surface area contributed by atoms with Crippen LogP contribution in [0.1, 0.15) is 80.1 Å². The fourth-order valence-corrected chi connectivity index (χ4v) is 1.94. The van der Waals surface area contributed by atoms with Gasteiger partial charge in [0.25, 0.3) is 0 Å². The molecular formula is C20H41KO2. The van der Waals surface area contributed by atoms with Gasteiger partial charge in [0.1, 0.15) is 0 Å². The zero-order chi connectivity index (χ0) is 17.8. The molecule has 0 spiro atoms. The van der Waals surface area contributed by atoms with Gasteiger partial charge in [0.2, 0.25) is 0 Å². The monoisotopic (exact) mass is 352 g/mol. The van der Waals surface area contributed by atoms with Gasteiger partial charge in [0.15, 0.2) is 0 Å². The number of aliphatic hydroxyl groups is 2. The van der Waals surface area contributed by atoms with Crippen LogP contribution in [0.5, 0.6) is 0 Å². The molecule has 0 aromatic carbocycles. The number of hydrogen-bond acceptors (Lipinski definition) is 2. The van der Waals surface area contributed by atoms with Gasteiger partial charge in [-0.25, -0.2) is 0 Å². The summed E-state index contributed by atoms with van der Waals surface area (Å²) >= 11 is 0. The summed E-state index contributed by atoms with van der Waals surface area (Å²) in [7, 11) is 0. The van der Waals surface area contributed by atoms with Gasteiger partial charge in [-0.2, -0.15) is 0 Å². The Morgan fingerprint density at radius 3 is 1.22 bits per heavy atom. The third-order valence-corrected chi connectivity index (χ3v) is 3.81. The molecule has 2 unspecified atom stereocenters. The first-order chi connectivity index (χ1) is 9.95. The fraction of sp³-hybridized carbons (Fsp3) is 0.800. The van der Waals surface area contributed by atoms with E-state index in [1.54, 1.807) is 26.0 Å². The Morgan fingerprint density at radius 2 is 1.04 bits per heavy atom. The molecule has 0 rings (SSSR count). The van der Waals surface area contributed by atoms with Crippen LogP contribution in [-0.4, -0.2) is 72.8 Å². The SMILES string of the molecule is C=CC(C)(O)CCCC(C)C.C=CC(C)(O)CCCC(C)C.[KH]. The first kappa shape index (κ1) is 28.8. The molecule has 0 saturated heterocycles. The molecule has 0 heterocycles. The van der Waals surface area contributed by atoms with E-state index >= 15 is 0 Å². The van der Waals surface area contributed by atoms with Gasteiger partial charge in [0.05, 0.1) is 11.2 Å². The molecule has 0 aromatic heterocycles.